The van der Waals surface area contributed by atoms with Crippen LogP contribution < -0.4 is 4.72 Å². The number of sulfonamides is 1. The predicted molar refractivity (Wildman–Crippen MR) is 55.1 cm³/mol. The van der Waals surface area contributed by atoms with Gasteiger partial charge in [-0.2, -0.15) is 0 Å². The fourth-order valence-corrected chi connectivity index (χ4v) is 1.69. The van der Waals surface area contributed by atoms with Crippen molar-refractivity contribution in [2.75, 3.05) is 11.0 Å². The summed E-state index contributed by atoms with van der Waals surface area (Å²) < 4.78 is 24.0. The number of para-hydroxylation sites is 1. The Balaban J connectivity index is 3.15. The standard InChI is InChI=1S/C8H8ClNO3S/c1-14(12,13)10-7-5-3-2-4-6(7)8(9)11/h2-5,10H,1H3. The molecule has 0 unspecified atom stereocenters. The molecule has 0 spiro atoms. The largest absolute Gasteiger partial charge is 0.283 e. The smallest absolute Gasteiger partial charge is 0.254 e. The normalized spacial score (nSPS) is 11.0. The molecule has 0 aliphatic heterocycles. The number of nitrogens with one attached hydrogen (secondary N) is 1. The van der Waals surface area contributed by atoms with E-state index in [1.807, 2.05) is 0 Å². The molecule has 0 radical (unpaired) electrons. The summed E-state index contributed by atoms with van der Waals surface area (Å²) in [5.41, 5.74) is 0.328. The fourth-order valence-electron chi connectivity index (χ4n) is 0.943. The zero-order valence-electron chi connectivity index (χ0n) is 7.32. The summed E-state index contributed by atoms with van der Waals surface area (Å²) in [4.78, 5) is 10.9. The van der Waals surface area contributed by atoms with Crippen molar-refractivity contribution < 1.29 is 13.2 Å². The van der Waals surface area contributed by atoms with Gasteiger partial charge in [-0.1, -0.05) is 12.1 Å². The third kappa shape index (κ3) is 3.01. The van der Waals surface area contributed by atoms with Crippen LogP contribution in [0.3, 0.4) is 0 Å². The molecule has 1 aromatic rings. The molecule has 0 saturated heterocycles. The Labute approximate surface area is 86.9 Å². The number of rotatable bonds is 3. The molecule has 0 aliphatic rings. The van der Waals surface area contributed by atoms with E-state index in [1.54, 1.807) is 12.1 Å². The molecule has 1 N–H and O–H groups in total. The molecule has 6 heteroatoms. The molecule has 0 bridgehead atoms. The van der Waals surface area contributed by atoms with Crippen LogP contribution in [-0.2, 0) is 10.0 Å². The Morgan fingerprint density at radius 3 is 2.43 bits per heavy atom. The maximum Gasteiger partial charge on any atom is 0.254 e. The first-order valence-electron chi connectivity index (χ1n) is 3.67. The maximum atomic E-state index is 10.9. The number of carbonyl (C=O) groups excluding carboxylic acids is 1. The van der Waals surface area contributed by atoms with Crippen molar-refractivity contribution in [1.82, 2.24) is 0 Å². The van der Waals surface area contributed by atoms with E-state index in [-0.39, 0.29) is 11.3 Å². The summed E-state index contributed by atoms with van der Waals surface area (Å²) in [6.45, 7) is 0. The Kier molecular flexibility index (Phi) is 3.13. The molecule has 0 aromatic heterocycles. The molecule has 1 aromatic carbocycles. The van der Waals surface area contributed by atoms with Gasteiger partial charge in [0.15, 0.2) is 0 Å². The minimum Gasteiger partial charge on any atom is -0.283 e. The highest BCUT2D eigenvalue weighted by atomic mass is 35.5. The molecule has 76 valence electrons. The zero-order valence-corrected chi connectivity index (χ0v) is 8.89. The van der Waals surface area contributed by atoms with Crippen LogP contribution >= 0.6 is 11.6 Å². The molecule has 4 nitrogen and oxygen atoms in total. The van der Waals surface area contributed by atoms with Crippen molar-refractivity contribution >= 4 is 32.6 Å². The SMILES string of the molecule is CS(=O)(=O)Nc1ccccc1C(=O)Cl. The lowest BCUT2D eigenvalue weighted by Crippen LogP contribution is -2.11. The van der Waals surface area contributed by atoms with Gasteiger partial charge in [0.1, 0.15) is 0 Å². The predicted octanol–water partition coefficient (Wildman–Crippen LogP) is 1.44. The fraction of sp³-hybridized carbons (Fsp3) is 0.125. The van der Waals surface area contributed by atoms with Gasteiger partial charge in [0.2, 0.25) is 10.0 Å². The van der Waals surface area contributed by atoms with Crippen molar-refractivity contribution in [2.24, 2.45) is 0 Å². The van der Waals surface area contributed by atoms with Gasteiger partial charge < -0.3 is 0 Å². The molecular weight excluding hydrogens is 226 g/mol. The second-order valence-electron chi connectivity index (χ2n) is 2.69. The Hall–Kier alpha value is -1.07. The summed E-state index contributed by atoms with van der Waals surface area (Å²) in [6.07, 6.45) is 1.00. The van der Waals surface area contributed by atoms with Gasteiger partial charge in [-0.25, -0.2) is 8.42 Å². The van der Waals surface area contributed by atoms with Crippen LogP contribution in [0.15, 0.2) is 24.3 Å². The molecule has 0 atom stereocenters. The van der Waals surface area contributed by atoms with Crippen LogP contribution in [0.1, 0.15) is 10.4 Å². The van der Waals surface area contributed by atoms with Crippen LogP contribution in [-0.4, -0.2) is 19.9 Å². The van der Waals surface area contributed by atoms with Crippen LogP contribution in [0.4, 0.5) is 5.69 Å². The summed E-state index contributed by atoms with van der Waals surface area (Å²) in [5, 5.41) is -0.697. The van der Waals surface area contributed by atoms with Gasteiger partial charge in [-0.05, 0) is 23.7 Å². The van der Waals surface area contributed by atoms with Crippen molar-refractivity contribution in [3.05, 3.63) is 29.8 Å². The molecule has 0 aliphatic carbocycles. The topological polar surface area (TPSA) is 63.2 Å². The van der Waals surface area contributed by atoms with Gasteiger partial charge >= 0.3 is 0 Å². The first-order chi connectivity index (χ1) is 6.40. The second kappa shape index (κ2) is 3.98. The molecular formula is C8H8ClNO3S. The van der Waals surface area contributed by atoms with E-state index in [4.69, 9.17) is 11.6 Å². The molecule has 0 saturated carbocycles. The number of benzene rings is 1. The number of anilines is 1. The van der Waals surface area contributed by atoms with Crippen LogP contribution in [0.25, 0.3) is 0 Å². The summed E-state index contributed by atoms with van der Waals surface area (Å²) in [6, 6.07) is 6.12. The number of hydrogen-bond donors (Lipinski definition) is 1. The molecule has 14 heavy (non-hydrogen) atoms. The Morgan fingerprint density at radius 1 is 1.36 bits per heavy atom. The lowest BCUT2D eigenvalue weighted by atomic mass is 10.2. The van der Waals surface area contributed by atoms with E-state index < -0.39 is 15.3 Å². The van der Waals surface area contributed by atoms with E-state index in [9.17, 15) is 13.2 Å². The number of hydrogen-bond acceptors (Lipinski definition) is 3. The molecule has 1 rings (SSSR count). The van der Waals surface area contributed by atoms with Crippen LogP contribution in [0, 0.1) is 0 Å². The van der Waals surface area contributed by atoms with E-state index >= 15 is 0 Å². The van der Waals surface area contributed by atoms with E-state index in [1.165, 1.54) is 12.1 Å². The van der Waals surface area contributed by atoms with Crippen molar-refractivity contribution in [1.29, 1.82) is 0 Å². The van der Waals surface area contributed by atoms with Gasteiger partial charge in [0, 0.05) is 0 Å². The monoisotopic (exact) mass is 233 g/mol. The lowest BCUT2D eigenvalue weighted by molar-refractivity contribution is 0.108. The van der Waals surface area contributed by atoms with Crippen molar-refractivity contribution in [2.45, 2.75) is 0 Å². The first kappa shape index (κ1) is 11.0. The first-order valence-corrected chi connectivity index (χ1v) is 5.94. The number of halogens is 1. The number of carbonyl (C=O) groups is 1. The third-order valence-corrected chi connectivity index (χ3v) is 2.23. The summed E-state index contributed by atoms with van der Waals surface area (Å²) >= 11 is 5.26. The minimum atomic E-state index is -3.39. The van der Waals surface area contributed by atoms with E-state index in [0.29, 0.717) is 0 Å². The second-order valence-corrected chi connectivity index (χ2v) is 4.79. The summed E-state index contributed by atoms with van der Waals surface area (Å²) in [5.74, 6) is 0. The average molecular weight is 234 g/mol. The van der Waals surface area contributed by atoms with Crippen LogP contribution in [0.2, 0.25) is 0 Å². The molecule has 0 amide bonds. The van der Waals surface area contributed by atoms with Crippen LogP contribution in [0.5, 0.6) is 0 Å². The van der Waals surface area contributed by atoms with Crippen molar-refractivity contribution in [3.8, 4) is 0 Å². The van der Waals surface area contributed by atoms with Gasteiger partial charge in [-0.15, -0.1) is 0 Å². The Bertz CT molecular complexity index is 455. The molecule has 0 heterocycles. The van der Waals surface area contributed by atoms with E-state index in [0.717, 1.165) is 6.26 Å². The Morgan fingerprint density at radius 2 is 1.93 bits per heavy atom. The molecule has 0 fully saturated rings. The highest BCUT2D eigenvalue weighted by Gasteiger charge is 2.10. The highest BCUT2D eigenvalue weighted by molar-refractivity contribution is 7.92. The lowest BCUT2D eigenvalue weighted by Gasteiger charge is -2.06. The van der Waals surface area contributed by atoms with Gasteiger partial charge in [0.05, 0.1) is 17.5 Å². The average Bonchev–Trinajstić information content (AvgIpc) is 2.01. The zero-order chi connectivity index (χ0) is 10.8. The summed E-state index contributed by atoms with van der Waals surface area (Å²) in [7, 11) is -3.39. The quantitative estimate of drug-likeness (QED) is 0.804. The van der Waals surface area contributed by atoms with Crippen molar-refractivity contribution in [3.63, 3.8) is 0 Å². The van der Waals surface area contributed by atoms with Gasteiger partial charge in [0.25, 0.3) is 5.24 Å². The third-order valence-electron chi connectivity index (χ3n) is 1.43. The maximum absolute atomic E-state index is 10.9. The van der Waals surface area contributed by atoms with Gasteiger partial charge in [-0.3, -0.25) is 9.52 Å². The minimum absolute atomic E-state index is 0.139. The van der Waals surface area contributed by atoms with E-state index in [2.05, 4.69) is 4.72 Å². The highest BCUT2D eigenvalue weighted by Crippen LogP contribution is 2.17.